The molecule has 0 aliphatic carbocycles. The number of ether oxygens (including phenoxy) is 2. The van der Waals surface area contributed by atoms with Crippen molar-refractivity contribution in [2.75, 3.05) is 35.8 Å². The number of carbonyl (C=O) groups excluding carboxylic acids is 3. The molecule has 3 aromatic carbocycles. The monoisotopic (exact) mass is 462 g/mol. The van der Waals surface area contributed by atoms with Gasteiger partial charge >= 0.3 is 5.97 Å². The van der Waals surface area contributed by atoms with Crippen LogP contribution < -0.4 is 31.2 Å². The first-order valence-corrected chi connectivity index (χ1v) is 10.3. The molecule has 0 saturated carbocycles. The van der Waals surface area contributed by atoms with Gasteiger partial charge in [-0.05, 0) is 55.0 Å². The molecule has 0 aromatic heterocycles. The van der Waals surface area contributed by atoms with Crippen LogP contribution in [0.5, 0.6) is 11.5 Å². The van der Waals surface area contributed by atoms with E-state index in [4.69, 9.17) is 20.9 Å². The lowest BCUT2D eigenvalue weighted by atomic mass is 10.1. The SMILES string of the molecule is COc1cc(C(=O)N(C)c2ccc(C)cc2OC(C)=O)ccc1NC(=O)c1cccc(N)c1N. The number of nitrogen functional groups attached to an aromatic ring is 2. The number of esters is 1. The molecule has 0 radical (unpaired) electrons. The Balaban J connectivity index is 1.88. The van der Waals surface area contributed by atoms with Crippen LogP contribution in [-0.2, 0) is 4.79 Å². The molecule has 0 spiro atoms. The molecular formula is C25H26N4O5. The fraction of sp³-hybridized carbons (Fsp3) is 0.160. The first-order chi connectivity index (χ1) is 16.1. The summed E-state index contributed by atoms with van der Waals surface area (Å²) >= 11 is 0. The van der Waals surface area contributed by atoms with E-state index in [0.29, 0.717) is 22.6 Å². The van der Waals surface area contributed by atoms with Crippen molar-refractivity contribution >= 4 is 40.5 Å². The number of rotatable bonds is 6. The highest BCUT2D eigenvalue weighted by Gasteiger charge is 2.21. The number of aryl methyl sites for hydroxylation is 1. The Hall–Kier alpha value is -4.53. The molecule has 0 saturated heterocycles. The maximum absolute atomic E-state index is 13.2. The topological polar surface area (TPSA) is 137 Å². The number of hydrogen-bond donors (Lipinski definition) is 3. The second kappa shape index (κ2) is 9.95. The van der Waals surface area contributed by atoms with Crippen molar-refractivity contribution < 1.29 is 23.9 Å². The van der Waals surface area contributed by atoms with Gasteiger partial charge < -0.3 is 31.2 Å². The van der Waals surface area contributed by atoms with E-state index in [0.717, 1.165) is 5.56 Å². The maximum atomic E-state index is 13.2. The van der Waals surface area contributed by atoms with Crippen molar-refractivity contribution in [2.24, 2.45) is 0 Å². The molecule has 3 aromatic rings. The normalized spacial score (nSPS) is 10.4. The standard InChI is InChI=1S/C25H26N4O5/c1-14-8-11-20(22(12-14)34-15(2)30)29(3)25(32)16-9-10-19(21(13-16)33-4)28-24(31)17-6-5-7-18(26)23(17)27/h5-13H,26-27H2,1-4H3,(H,28,31). The molecule has 0 aliphatic rings. The zero-order valence-electron chi connectivity index (χ0n) is 19.3. The van der Waals surface area contributed by atoms with Crippen molar-refractivity contribution in [3.8, 4) is 11.5 Å². The number of anilines is 4. The highest BCUT2D eigenvalue weighted by Crippen LogP contribution is 2.32. The van der Waals surface area contributed by atoms with E-state index in [1.165, 1.54) is 25.0 Å². The van der Waals surface area contributed by atoms with E-state index in [1.54, 1.807) is 49.5 Å². The third-order valence-electron chi connectivity index (χ3n) is 5.12. The number of nitrogens with two attached hydrogens (primary N) is 2. The highest BCUT2D eigenvalue weighted by atomic mass is 16.5. The van der Waals surface area contributed by atoms with Crippen molar-refractivity contribution in [2.45, 2.75) is 13.8 Å². The van der Waals surface area contributed by atoms with Gasteiger partial charge in [-0.2, -0.15) is 0 Å². The third-order valence-corrected chi connectivity index (χ3v) is 5.12. The lowest BCUT2D eigenvalue weighted by Gasteiger charge is -2.21. The fourth-order valence-corrected chi connectivity index (χ4v) is 3.34. The van der Waals surface area contributed by atoms with Gasteiger partial charge in [0.05, 0.1) is 35.4 Å². The van der Waals surface area contributed by atoms with Crippen LogP contribution in [-0.4, -0.2) is 31.9 Å². The van der Waals surface area contributed by atoms with Gasteiger partial charge in [-0.15, -0.1) is 0 Å². The van der Waals surface area contributed by atoms with Gasteiger partial charge in [-0.25, -0.2) is 0 Å². The Morgan fingerprint density at radius 1 is 0.971 bits per heavy atom. The molecule has 5 N–H and O–H groups in total. The summed E-state index contributed by atoms with van der Waals surface area (Å²) in [6.07, 6.45) is 0. The minimum absolute atomic E-state index is 0.175. The van der Waals surface area contributed by atoms with E-state index >= 15 is 0 Å². The van der Waals surface area contributed by atoms with E-state index in [-0.39, 0.29) is 28.7 Å². The summed E-state index contributed by atoms with van der Waals surface area (Å²) in [5.74, 6) is -0.771. The van der Waals surface area contributed by atoms with Gasteiger partial charge in [-0.1, -0.05) is 12.1 Å². The largest absolute Gasteiger partial charge is 0.495 e. The van der Waals surface area contributed by atoms with E-state index in [2.05, 4.69) is 5.32 Å². The van der Waals surface area contributed by atoms with Crippen molar-refractivity contribution in [1.82, 2.24) is 0 Å². The molecule has 34 heavy (non-hydrogen) atoms. The Morgan fingerprint density at radius 2 is 1.71 bits per heavy atom. The van der Waals surface area contributed by atoms with Gasteiger partial charge in [0.15, 0.2) is 5.75 Å². The molecule has 0 aliphatic heterocycles. The number of carbonyl (C=O) groups is 3. The van der Waals surface area contributed by atoms with Crippen molar-refractivity contribution in [1.29, 1.82) is 0 Å². The van der Waals surface area contributed by atoms with Crippen molar-refractivity contribution in [3.05, 3.63) is 71.3 Å². The zero-order valence-corrected chi connectivity index (χ0v) is 19.3. The van der Waals surface area contributed by atoms with Gasteiger partial charge in [-0.3, -0.25) is 14.4 Å². The smallest absolute Gasteiger partial charge is 0.308 e. The number of nitrogens with one attached hydrogen (secondary N) is 1. The third kappa shape index (κ3) is 5.09. The molecule has 0 unspecified atom stereocenters. The Labute approximate surface area is 197 Å². The predicted molar refractivity (Wildman–Crippen MR) is 131 cm³/mol. The minimum Gasteiger partial charge on any atom is -0.495 e. The van der Waals surface area contributed by atoms with Gasteiger partial charge in [0, 0.05) is 19.5 Å². The summed E-state index contributed by atoms with van der Waals surface area (Å²) < 4.78 is 10.7. The summed E-state index contributed by atoms with van der Waals surface area (Å²) in [7, 11) is 3.00. The van der Waals surface area contributed by atoms with Crippen LogP contribution >= 0.6 is 0 Å². The molecule has 0 atom stereocenters. The lowest BCUT2D eigenvalue weighted by Crippen LogP contribution is -2.27. The van der Waals surface area contributed by atoms with Crippen LogP contribution in [0.2, 0.25) is 0 Å². The fourth-order valence-electron chi connectivity index (χ4n) is 3.34. The van der Waals surface area contributed by atoms with E-state index in [1.807, 2.05) is 13.0 Å². The summed E-state index contributed by atoms with van der Waals surface area (Å²) in [6.45, 7) is 3.15. The Morgan fingerprint density at radius 3 is 2.38 bits per heavy atom. The van der Waals surface area contributed by atoms with Gasteiger partial charge in [0.1, 0.15) is 5.75 Å². The molecule has 2 amide bonds. The number of para-hydroxylation sites is 1. The lowest BCUT2D eigenvalue weighted by molar-refractivity contribution is -0.131. The molecule has 0 bridgehead atoms. The predicted octanol–water partition coefficient (Wildman–Crippen LogP) is 3.62. The molecular weight excluding hydrogens is 436 g/mol. The number of hydrogen-bond acceptors (Lipinski definition) is 7. The Bertz CT molecular complexity index is 1270. The molecule has 0 heterocycles. The number of benzene rings is 3. The van der Waals surface area contributed by atoms with Crippen LogP contribution in [0, 0.1) is 6.92 Å². The second-order valence-corrected chi connectivity index (χ2v) is 7.61. The average molecular weight is 463 g/mol. The zero-order chi connectivity index (χ0) is 25.0. The van der Waals surface area contributed by atoms with Crippen LogP contribution in [0.3, 0.4) is 0 Å². The summed E-state index contributed by atoms with van der Waals surface area (Å²) in [4.78, 5) is 38.8. The van der Waals surface area contributed by atoms with Gasteiger partial charge in [0.25, 0.3) is 11.8 Å². The second-order valence-electron chi connectivity index (χ2n) is 7.61. The number of amides is 2. The quantitative estimate of drug-likeness (QED) is 0.289. The molecule has 9 heteroatoms. The van der Waals surface area contributed by atoms with Crippen LogP contribution in [0.25, 0.3) is 0 Å². The van der Waals surface area contributed by atoms with Gasteiger partial charge in [0.2, 0.25) is 0 Å². The van der Waals surface area contributed by atoms with Crippen LogP contribution in [0.15, 0.2) is 54.6 Å². The number of nitrogens with zero attached hydrogens (tertiary/aromatic N) is 1. The highest BCUT2D eigenvalue weighted by molar-refractivity contribution is 6.11. The molecule has 9 nitrogen and oxygen atoms in total. The molecule has 176 valence electrons. The maximum Gasteiger partial charge on any atom is 0.308 e. The summed E-state index contributed by atoms with van der Waals surface area (Å²) in [5, 5.41) is 2.73. The molecule has 3 rings (SSSR count). The first kappa shape index (κ1) is 24.1. The average Bonchev–Trinajstić information content (AvgIpc) is 2.79. The van der Waals surface area contributed by atoms with Crippen LogP contribution in [0.4, 0.5) is 22.7 Å². The van der Waals surface area contributed by atoms with E-state index < -0.39 is 11.9 Å². The summed E-state index contributed by atoms with van der Waals surface area (Å²) in [5.41, 5.74) is 14.4. The van der Waals surface area contributed by atoms with Crippen molar-refractivity contribution in [3.63, 3.8) is 0 Å². The minimum atomic E-state index is -0.490. The van der Waals surface area contributed by atoms with E-state index in [9.17, 15) is 14.4 Å². The Kier molecular flexibility index (Phi) is 7.06. The summed E-state index contributed by atoms with van der Waals surface area (Å²) in [6, 6.07) is 14.6. The van der Waals surface area contributed by atoms with Crippen LogP contribution in [0.1, 0.15) is 33.2 Å². The number of methoxy groups -OCH3 is 1. The molecule has 0 fully saturated rings. The first-order valence-electron chi connectivity index (χ1n) is 10.3.